The van der Waals surface area contributed by atoms with Crippen molar-refractivity contribution >= 4 is 18.0 Å². The Morgan fingerprint density at radius 1 is 1.24 bits per heavy atom. The highest BCUT2D eigenvalue weighted by molar-refractivity contribution is 5.81. The number of urea groups is 1. The second kappa shape index (κ2) is 10.0. The van der Waals surface area contributed by atoms with Crippen LogP contribution in [0.2, 0.25) is 0 Å². The summed E-state index contributed by atoms with van der Waals surface area (Å²) in [5.41, 5.74) is 0. The summed E-state index contributed by atoms with van der Waals surface area (Å²) < 4.78 is 4.82. The van der Waals surface area contributed by atoms with Crippen LogP contribution in [0.25, 0.3) is 0 Å². The molecular weight excluding hydrogens is 276 g/mol. The summed E-state index contributed by atoms with van der Waals surface area (Å²) in [6, 6.07) is -0.649. The molecule has 21 heavy (non-hydrogen) atoms. The molecule has 0 fully saturated rings. The Kier molecular flexibility index (Phi) is 9.16. The lowest BCUT2D eigenvalue weighted by atomic mass is 10.0. The number of ether oxygens (including phenoxy) is 1. The number of carboxylic acids is 1. The Bertz CT molecular complexity index is 357. The molecule has 0 aromatic rings. The molecule has 0 radical (unpaired) electrons. The van der Waals surface area contributed by atoms with Crippen LogP contribution in [0, 0.1) is 5.92 Å². The lowest BCUT2D eigenvalue weighted by Gasteiger charge is -2.26. The molecule has 0 spiro atoms. The predicted octanol–water partition coefficient (Wildman–Crippen LogP) is 1.47. The highest BCUT2D eigenvalue weighted by atomic mass is 16.5. The molecule has 122 valence electrons. The topological polar surface area (TPSA) is 95.9 Å². The Balaban J connectivity index is 4.54. The fraction of sp³-hybridized carbons (Fsp3) is 0.786. The van der Waals surface area contributed by atoms with Gasteiger partial charge in [-0.3, -0.25) is 9.59 Å². The maximum atomic E-state index is 12.1. The third-order valence-corrected chi connectivity index (χ3v) is 2.98. The monoisotopic (exact) mass is 302 g/mol. The molecule has 2 N–H and O–H groups in total. The van der Waals surface area contributed by atoms with Gasteiger partial charge >= 0.3 is 18.0 Å². The van der Waals surface area contributed by atoms with E-state index in [0.717, 1.165) is 6.42 Å². The molecule has 1 atom stereocenters. The van der Waals surface area contributed by atoms with E-state index in [-0.39, 0.29) is 25.7 Å². The normalized spacial score (nSPS) is 11.9. The van der Waals surface area contributed by atoms with Crippen LogP contribution in [0.4, 0.5) is 4.79 Å². The Hall–Kier alpha value is -1.79. The maximum Gasteiger partial charge on any atom is 0.325 e. The summed E-state index contributed by atoms with van der Waals surface area (Å²) in [7, 11) is 0. The number of nitrogens with zero attached hydrogens (tertiary/aromatic N) is 1. The van der Waals surface area contributed by atoms with E-state index in [1.54, 1.807) is 20.8 Å². The van der Waals surface area contributed by atoms with E-state index >= 15 is 0 Å². The van der Waals surface area contributed by atoms with E-state index in [4.69, 9.17) is 9.84 Å². The van der Waals surface area contributed by atoms with Crippen molar-refractivity contribution in [1.82, 2.24) is 10.2 Å². The minimum Gasteiger partial charge on any atom is -0.481 e. The molecule has 1 unspecified atom stereocenters. The largest absolute Gasteiger partial charge is 0.481 e. The smallest absolute Gasteiger partial charge is 0.325 e. The number of carbonyl (C=O) groups excluding carboxylic acids is 2. The quantitative estimate of drug-likeness (QED) is 0.629. The molecule has 0 aliphatic rings. The zero-order chi connectivity index (χ0) is 16.4. The van der Waals surface area contributed by atoms with Crippen molar-refractivity contribution in [2.75, 3.05) is 19.7 Å². The maximum absolute atomic E-state index is 12.1. The SMILES string of the molecule is CCCC(CNC(=O)N(CC(=O)OCC)C(C)C)C(=O)O. The van der Waals surface area contributed by atoms with E-state index < -0.39 is 23.9 Å². The second-order valence-electron chi connectivity index (χ2n) is 5.04. The summed E-state index contributed by atoms with van der Waals surface area (Å²) in [4.78, 5) is 35.9. The standard InChI is InChI=1S/C14H26N2O5/c1-5-7-11(13(18)19)8-15-14(20)16(10(3)4)9-12(17)21-6-2/h10-11H,5-9H2,1-4H3,(H,15,20)(H,18,19). The molecule has 0 aromatic carbocycles. The highest BCUT2D eigenvalue weighted by Crippen LogP contribution is 2.06. The van der Waals surface area contributed by atoms with Crippen LogP contribution in [0.3, 0.4) is 0 Å². The zero-order valence-corrected chi connectivity index (χ0v) is 13.2. The molecule has 7 heteroatoms. The molecule has 0 heterocycles. The molecule has 0 saturated heterocycles. The first-order valence-electron chi connectivity index (χ1n) is 7.26. The summed E-state index contributed by atoms with van der Waals surface area (Å²) in [5, 5.41) is 11.6. The third-order valence-electron chi connectivity index (χ3n) is 2.98. The van der Waals surface area contributed by atoms with Gasteiger partial charge in [0.2, 0.25) is 0 Å². The number of hydrogen-bond acceptors (Lipinski definition) is 4. The van der Waals surface area contributed by atoms with Gasteiger partial charge in [0.25, 0.3) is 0 Å². The van der Waals surface area contributed by atoms with Gasteiger partial charge in [-0.25, -0.2) is 4.79 Å². The van der Waals surface area contributed by atoms with E-state index in [0.29, 0.717) is 6.42 Å². The molecule has 0 aliphatic carbocycles. The van der Waals surface area contributed by atoms with Crippen molar-refractivity contribution in [2.24, 2.45) is 5.92 Å². The van der Waals surface area contributed by atoms with Gasteiger partial charge in [0.15, 0.2) is 0 Å². The Labute approximate surface area is 125 Å². The van der Waals surface area contributed by atoms with Crippen molar-refractivity contribution in [3.05, 3.63) is 0 Å². The fourth-order valence-electron chi connectivity index (χ4n) is 1.81. The Morgan fingerprint density at radius 2 is 1.86 bits per heavy atom. The summed E-state index contributed by atoms with van der Waals surface area (Å²) in [6.45, 7) is 7.29. The molecule has 2 amide bonds. The van der Waals surface area contributed by atoms with Crippen molar-refractivity contribution in [3.63, 3.8) is 0 Å². The molecule has 0 aliphatic heterocycles. The van der Waals surface area contributed by atoms with Gasteiger partial charge in [-0.1, -0.05) is 13.3 Å². The first kappa shape index (κ1) is 19.2. The first-order chi connectivity index (χ1) is 9.83. The van der Waals surface area contributed by atoms with Gasteiger partial charge in [-0.15, -0.1) is 0 Å². The van der Waals surface area contributed by atoms with E-state index in [9.17, 15) is 14.4 Å². The average Bonchev–Trinajstić information content (AvgIpc) is 2.40. The number of esters is 1. The number of hydrogen-bond donors (Lipinski definition) is 2. The molecule has 0 aromatic heterocycles. The fourth-order valence-corrected chi connectivity index (χ4v) is 1.81. The lowest BCUT2D eigenvalue weighted by Crippen LogP contribution is -2.48. The number of nitrogens with one attached hydrogen (secondary N) is 1. The molecule has 0 saturated carbocycles. The predicted molar refractivity (Wildman–Crippen MR) is 77.9 cm³/mol. The van der Waals surface area contributed by atoms with Gasteiger partial charge in [0, 0.05) is 12.6 Å². The molecule has 0 rings (SSSR count). The van der Waals surface area contributed by atoms with Gasteiger partial charge in [0.1, 0.15) is 6.54 Å². The van der Waals surface area contributed by atoms with Crippen LogP contribution in [-0.2, 0) is 14.3 Å². The number of carboxylic acid groups (broad SMARTS) is 1. The van der Waals surface area contributed by atoms with Crippen LogP contribution >= 0.6 is 0 Å². The summed E-state index contributed by atoms with van der Waals surface area (Å²) in [6.07, 6.45) is 1.22. The van der Waals surface area contributed by atoms with Gasteiger partial charge < -0.3 is 20.1 Å². The van der Waals surface area contributed by atoms with E-state index in [1.807, 2.05) is 6.92 Å². The number of rotatable bonds is 9. The summed E-state index contributed by atoms with van der Waals surface area (Å²) in [5.74, 6) is -2.03. The van der Waals surface area contributed by atoms with Crippen molar-refractivity contribution in [1.29, 1.82) is 0 Å². The van der Waals surface area contributed by atoms with Gasteiger partial charge in [0.05, 0.1) is 12.5 Å². The second-order valence-corrected chi connectivity index (χ2v) is 5.04. The number of carbonyl (C=O) groups is 3. The van der Waals surface area contributed by atoms with Crippen LogP contribution in [0.15, 0.2) is 0 Å². The van der Waals surface area contributed by atoms with Crippen LogP contribution in [0.1, 0.15) is 40.5 Å². The first-order valence-corrected chi connectivity index (χ1v) is 7.26. The van der Waals surface area contributed by atoms with Crippen LogP contribution < -0.4 is 5.32 Å². The van der Waals surface area contributed by atoms with Crippen molar-refractivity contribution in [3.8, 4) is 0 Å². The molecule has 7 nitrogen and oxygen atoms in total. The van der Waals surface area contributed by atoms with E-state index in [2.05, 4.69) is 5.32 Å². The van der Waals surface area contributed by atoms with E-state index in [1.165, 1.54) is 4.90 Å². The molecular formula is C14H26N2O5. The van der Waals surface area contributed by atoms with Gasteiger partial charge in [-0.2, -0.15) is 0 Å². The lowest BCUT2D eigenvalue weighted by molar-refractivity contribution is -0.144. The minimum atomic E-state index is -0.932. The highest BCUT2D eigenvalue weighted by Gasteiger charge is 2.23. The third kappa shape index (κ3) is 7.53. The number of aliphatic carboxylic acids is 1. The van der Waals surface area contributed by atoms with Crippen LogP contribution in [0.5, 0.6) is 0 Å². The summed E-state index contributed by atoms with van der Waals surface area (Å²) >= 11 is 0. The van der Waals surface area contributed by atoms with Crippen molar-refractivity contribution < 1.29 is 24.2 Å². The average molecular weight is 302 g/mol. The molecule has 0 bridgehead atoms. The zero-order valence-electron chi connectivity index (χ0n) is 13.2. The Morgan fingerprint density at radius 3 is 2.29 bits per heavy atom. The number of amides is 2. The van der Waals surface area contributed by atoms with Crippen molar-refractivity contribution in [2.45, 2.75) is 46.6 Å². The van der Waals surface area contributed by atoms with Gasteiger partial charge in [-0.05, 0) is 27.2 Å². The van der Waals surface area contributed by atoms with Crippen LogP contribution in [-0.4, -0.2) is 53.7 Å². The minimum absolute atomic E-state index is 0.0497.